The van der Waals surface area contributed by atoms with Crippen LogP contribution in [0.2, 0.25) is 0 Å². The van der Waals surface area contributed by atoms with Crippen LogP contribution in [-0.4, -0.2) is 5.78 Å². The van der Waals surface area contributed by atoms with Crippen molar-refractivity contribution in [2.75, 3.05) is 5.73 Å². The average Bonchev–Trinajstić information content (AvgIpc) is 2.32. The van der Waals surface area contributed by atoms with Crippen molar-refractivity contribution in [1.29, 1.82) is 0 Å². The summed E-state index contributed by atoms with van der Waals surface area (Å²) in [5, 5.41) is 0. The summed E-state index contributed by atoms with van der Waals surface area (Å²) in [5.41, 5.74) is 9.73. The van der Waals surface area contributed by atoms with E-state index in [0.717, 1.165) is 16.7 Å². The Morgan fingerprint density at radius 2 is 1.59 bits per heavy atom. The molecule has 0 atom stereocenters. The number of hydrogen-bond acceptors (Lipinski definition) is 2. The van der Waals surface area contributed by atoms with Crippen LogP contribution in [0.4, 0.5) is 5.69 Å². The second kappa shape index (κ2) is 4.42. The lowest BCUT2D eigenvalue weighted by Gasteiger charge is -2.09. The monoisotopic (exact) mass is 225 g/mol. The largest absolute Gasteiger partial charge is 0.398 e. The number of aryl methyl sites for hydroxylation is 1. The zero-order chi connectivity index (χ0) is 12.4. The first-order chi connectivity index (χ1) is 8.11. The number of carbonyl (C=O) groups excluding carboxylic acids is 1. The summed E-state index contributed by atoms with van der Waals surface area (Å²) < 4.78 is 0. The highest BCUT2D eigenvalue weighted by Crippen LogP contribution is 2.20. The molecule has 2 rings (SSSR count). The van der Waals surface area contributed by atoms with Gasteiger partial charge in [-0.25, -0.2) is 0 Å². The van der Waals surface area contributed by atoms with Crippen molar-refractivity contribution >= 4 is 11.5 Å². The van der Waals surface area contributed by atoms with E-state index in [0.29, 0.717) is 11.3 Å². The molecule has 0 amide bonds. The van der Waals surface area contributed by atoms with Crippen molar-refractivity contribution < 1.29 is 4.79 Å². The molecule has 0 bridgehead atoms. The fourth-order valence-electron chi connectivity index (χ4n) is 1.87. The number of nitrogen functional groups attached to an aromatic ring is 1. The molecule has 2 aromatic rings. The van der Waals surface area contributed by atoms with E-state index in [1.54, 1.807) is 0 Å². The summed E-state index contributed by atoms with van der Waals surface area (Å²) >= 11 is 0. The van der Waals surface area contributed by atoms with Crippen molar-refractivity contribution in [1.82, 2.24) is 0 Å². The lowest BCUT2D eigenvalue weighted by Crippen LogP contribution is -2.07. The number of carbonyl (C=O) groups is 1. The van der Waals surface area contributed by atoms with Crippen molar-refractivity contribution in [3.63, 3.8) is 0 Å². The quantitative estimate of drug-likeness (QED) is 0.630. The van der Waals surface area contributed by atoms with E-state index >= 15 is 0 Å². The molecule has 2 nitrogen and oxygen atoms in total. The Hall–Kier alpha value is -2.09. The first-order valence-electron chi connectivity index (χ1n) is 5.56. The summed E-state index contributed by atoms with van der Waals surface area (Å²) in [4.78, 5) is 12.4. The third kappa shape index (κ3) is 2.07. The molecule has 0 aromatic heterocycles. The normalized spacial score (nSPS) is 10.2. The predicted octanol–water partition coefficient (Wildman–Crippen LogP) is 3.12. The van der Waals surface area contributed by atoms with Crippen LogP contribution < -0.4 is 5.73 Å². The van der Waals surface area contributed by atoms with E-state index in [4.69, 9.17) is 5.73 Å². The molecular weight excluding hydrogens is 210 g/mol. The smallest absolute Gasteiger partial charge is 0.193 e. The van der Waals surface area contributed by atoms with Crippen LogP contribution in [0.5, 0.6) is 0 Å². The average molecular weight is 225 g/mol. The minimum atomic E-state index is 0.0351. The first kappa shape index (κ1) is 11.4. The highest BCUT2D eigenvalue weighted by molar-refractivity contribution is 6.11. The molecule has 0 unspecified atom stereocenters. The third-order valence-corrected chi connectivity index (χ3v) is 3.01. The Morgan fingerprint density at radius 3 is 2.29 bits per heavy atom. The van der Waals surface area contributed by atoms with Crippen molar-refractivity contribution in [2.24, 2.45) is 0 Å². The molecule has 0 aliphatic carbocycles. The molecule has 0 saturated heterocycles. The molecule has 0 aliphatic rings. The molecule has 0 heterocycles. The minimum absolute atomic E-state index is 0.0351. The van der Waals surface area contributed by atoms with E-state index in [9.17, 15) is 4.79 Å². The molecule has 17 heavy (non-hydrogen) atoms. The van der Waals surface area contributed by atoms with Gasteiger partial charge in [0.15, 0.2) is 5.78 Å². The fourth-order valence-corrected chi connectivity index (χ4v) is 1.87. The minimum Gasteiger partial charge on any atom is -0.398 e. The van der Waals surface area contributed by atoms with Crippen LogP contribution in [0.25, 0.3) is 0 Å². The molecule has 86 valence electrons. The molecule has 0 saturated carbocycles. The van der Waals surface area contributed by atoms with Gasteiger partial charge in [-0.05, 0) is 31.0 Å². The second-order valence-electron chi connectivity index (χ2n) is 4.16. The predicted molar refractivity (Wildman–Crippen MR) is 70.2 cm³/mol. The van der Waals surface area contributed by atoms with E-state index in [1.807, 2.05) is 56.3 Å². The van der Waals surface area contributed by atoms with Crippen molar-refractivity contribution in [3.05, 3.63) is 64.7 Å². The lowest BCUT2D eigenvalue weighted by atomic mass is 9.95. The number of rotatable bonds is 2. The molecule has 2 aromatic carbocycles. The number of nitrogens with two attached hydrogens (primary N) is 1. The van der Waals surface area contributed by atoms with Gasteiger partial charge in [0.25, 0.3) is 0 Å². The van der Waals surface area contributed by atoms with Gasteiger partial charge in [-0.1, -0.05) is 36.4 Å². The molecule has 0 fully saturated rings. The van der Waals surface area contributed by atoms with Gasteiger partial charge in [-0.3, -0.25) is 4.79 Å². The molecular formula is C15H15NO. The third-order valence-electron chi connectivity index (χ3n) is 3.01. The first-order valence-corrected chi connectivity index (χ1v) is 5.56. The van der Waals surface area contributed by atoms with Gasteiger partial charge >= 0.3 is 0 Å². The maximum absolute atomic E-state index is 12.4. The maximum atomic E-state index is 12.4. The lowest BCUT2D eigenvalue weighted by molar-refractivity contribution is 0.103. The van der Waals surface area contributed by atoms with Crippen molar-refractivity contribution in [3.8, 4) is 0 Å². The Balaban J connectivity index is 2.52. The van der Waals surface area contributed by atoms with Gasteiger partial charge in [-0.2, -0.15) is 0 Å². The molecule has 2 N–H and O–H groups in total. The van der Waals surface area contributed by atoms with Crippen LogP contribution in [0.3, 0.4) is 0 Å². The number of ketones is 1. The van der Waals surface area contributed by atoms with Gasteiger partial charge in [0.05, 0.1) is 0 Å². The van der Waals surface area contributed by atoms with E-state index < -0.39 is 0 Å². The highest BCUT2D eigenvalue weighted by Gasteiger charge is 2.14. The Morgan fingerprint density at radius 1 is 0.941 bits per heavy atom. The van der Waals surface area contributed by atoms with Gasteiger partial charge in [0, 0.05) is 16.8 Å². The van der Waals surface area contributed by atoms with Gasteiger partial charge in [0.1, 0.15) is 0 Å². The summed E-state index contributed by atoms with van der Waals surface area (Å²) in [6.07, 6.45) is 0. The summed E-state index contributed by atoms with van der Waals surface area (Å²) in [6, 6.07) is 13.0. The van der Waals surface area contributed by atoms with Crippen LogP contribution >= 0.6 is 0 Å². The van der Waals surface area contributed by atoms with Crippen LogP contribution in [0, 0.1) is 13.8 Å². The summed E-state index contributed by atoms with van der Waals surface area (Å²) in [7, 11) is 0. The Labute approximate surface area is 101 Å². The number of hydrogen-bond donors (Lipinski definition) is 1. The second-order valence-corrected chi connectivity index (χ2v) is 4.16. The van der Waals surface area contributed by atoms with Crippen LogP contribution in [0.15, 0.2) is 42.5 Å². The standard InChI is InChI=1S/C15H15NO/c1-10-6-3-4-7-12(10)15(17)13-8-5-9-14(16)11(13)2/h3-9H,16H2,1-2H3. The fraction of sp³-hybridized carbons (Fsp3) is 0.133. The SMILES string of the molecule is Cc1ccccc1C(=O)c1cccc(N)c1C. The summed E-state index contributed by atoms with van der Waals surface area (Å²) in [5.74, 6) is 0.0351. The highest BCUT2D eigenvalue weighted by atomic mass is 16.1. The number of anilines is 1. The van der Waals surface area contributed by atoms with Gasteiger partial charge in [-0.15, -0.1) is 0 Å². The topological polar surface area (TPSA) is 43.1 Å². The van der Waals surface area contributed by atoms with Crippen LogP contribution in [0.1, 0.15) is 27.0 Å². The van der Waals surface area contributed by atoms with Crippen LogP contribution in [-0.2, 0) is 0 Å². The van der Waals surface area contributed by atoms with Crippen molar-refractivity contribution in [2.45, 2.75) is 13.8 Å². The van der Waals surface area contributed by atoms with Gasteiger partial charge in [0.2, 0.25) is 0 Å². The Kier molecular flexibility index (Phi) is 2.96. The van der Waals surface area contributed by atoms with E-state index in [2.05, 4.69) is 0 Å². The van der Waals surface area contributed by atoms with E-state index in [1.165, 1.54) is 0 Å². The molecule has 0 spiro atoms. The Bertz CT molecular complexity index is 573. The molecule has 2 heteroatoms. The molecule has 0 aliphatic heterocycles. The van der Waals surface area contributed by atoms with E-state index in [-0.39, 0.29) is 5.78 Å². The maximum Gasteiger partial charge on any atom is 0.193 e. The zero-order valence-corrected chi connectivity index (χ0v) is 10.0. The zero-order valence-electron chi connectivity index (χ0n) is 10.0. The molecule has 0 radical (unpaired) electrons. The summed E-state index contributed by atoms with van der Waals surface area (Å²) in [6.45, 7) is 3.82. The number of benzene rings is 2. The van der Waals surface area contributed by atoms with Gasteiger partial charge < -0.3 is 5.73 Å².